The van der Waals surface area contributed by atoms with Gasteiger partial charge in [0.25, 0.3) is 5.91 Å². The molecule has 8 heteroatoms. The first kappa shape index (κ1) is 16.0. The predicted octanol–water partition coefficient (Wildman–Crippen LogP) is 0.903. The number of thioether (sulfide) groups is 1. The largest absolute Gasteiger partial charge is 0.370 e. The van der Waals surface area contributed by atoms with Crippen LogP contribution in [0.1, 0.15) is 17.5 Å². The van der Waals surface area contributed by atoms with Crippen LogP contribution in [0, 0.1) is 13.8 Å². The van der Waals surface area contributed by atoms with Crippen LogP contribution in [0.5, 0.6) is 0 Å². The Balaban J connectivity index is 1.96. The number of anilines is 1. The van der Waals surface area contributed by atoms with E-state index >= 15 is 0 Å². The molecule has 1 aromatic rings. The summed E-state index contributed by atoms with van der Waals surface area (Å²) in [6.45, 7) is 3.90. The SMILES string of the molecule is Cc1ccc(NC(=O)CC2SC(N=C(N)N)=NC2=O)c(C)c1. The molecule has 0 bridgehead atoms. The van der Waals surface area contributed by atoms with Crippen LogP contribution in [0.3, 0.4) is 0 Å². The highest BCUT2D eigenvalue weighted by atomic mass is 32.2. The molecule has 5 N–H and O–H groups in total. The van der Waals surface area contributed by atoms with Gasteiger partial charge in [0.2, 0.25) is 5.91 Å². The van der Waals surface area contributed by atoms with Crippen molar-refractivity contribution in [1.29, 1.82) is 0 Å². The summed E-state index contributed by atoms with van der Waals surface area (Å²) >= 11 is 1.08. The van der Waals surface area contributed by atoms with Gasteiger partial charge in [-0.3, -0.25) is 9.59 Å². The number of nitrogens with zero attached hydrogens (tertiary/aromatic N) is 2. The summed E-state index contributed by atoms with van der Waals surface area (Å²) in [6.07, 6.45) is 0.0177. The summed E-state index contributed by atoms with van der Waals surface area (Å²) < 4.78 is 0. The number of aryl methyl sites for hydroxylation is 2. The molecule has 22 heavy (non-hydrogen) atoms. The number of rotatable bonds is 3. The molecule has 0 radical (unpaired) electrons. The van der Waals surface area contributed by atoms with Crippen LogP contribution in [0.15, 0.2) is 28.2 Å². The van der Waals surface area contributed by atoms with Crippen molar-refractivity contribution in [2.24, 2.45) is 21.5 Å². The van der Waals surface area contributed by atoms with Crippen LogP contribution in [0.25, 0.3) is 0 Å². The zero-order valence-corrected chi connectivity index (χ0v) is 13.1. The topological polar surface area (TPSA) is 123 Å². The number of guanidine groups is 1. The quantitative estimate of drug-likeness (QED) is 0.564. The van der Waals surface area contributed by atoms with Crippen molar-refractivity contribution >= 4 is 40.4 Å². The number of aliphatic imine (C=N–C) groups is 2. The number of carbonyl (C=O) groups is 2. The molecule has 2 rings (SSSR count). The average Bonchev–Trinajstić information content (AvgIpc) is 2.72. The van der Waals surface area contributed by atoms with Gasteiger partial charge in [-0.2, -0.15) is 9.98 Å². The van der Waals surface area contributed by atoms with E-state index in [2.05, 4.69) is 15.3 Å². The van der Waals surface area contributed by atoms with Gasteiger partial charge < -0.3 is 16.8 Å². The van der Waals surface area contributed by atoms with Crippen molar-refractivity contribution < 1.29 is 9.59 Å². The van der Waals surface area contributed by atoms with E-state index in [4.69, 9.17) is 11.5 Å². The lowest BCUT2D eigenvalue weighted by Gasteiger charge is -2.10. The molecule has 0 spiro atoms. The molecule has 0 aromatic heterocycles. The number of carbonyl (C=O) groups excluding carboxylic acids is 2. The van der Waals surface area contributed by atoms with Gasteiger partial charge in [0, 0.05) is 12.1 Å². The first-order valence-electron chi connectivity index (χ1n) is 6.61. The Labute approximate surface area is 132 Å². The maximum absolute atomic E-state index is 12.1. The van der Waals surface area contributed by atoms with Crippen LogP contribution in [0.2, 0.25) is 0 Å². The average molecular weight is 319 g/mol. The van der Waals surface area contributed by atoms with Gasteiger partial charge in [0.1, 0.15) is 5.25 Å². The fourth-order valence-electron chi connectivity index (χ4n) is 1.98. The Hall–Kier alpha value is -2.35. The molecule has 0 saturated carbocycles. The number of hydrogen-bond donors (Lipinski definition) is 3. The van der Waals surface area contributed by atoms with Crippen molar-refractivity contribution in [2.45, 2.75) is 25.5 Å². The second-order valence-corrected chi connectivity index (χ2v) is 6.12. The highest BCUT2D eigenvalue weighted by Gasteiger charge is 2.30. The van der Waals surface area contributed by atoms with Crippen molar-refractivity contribution in [2.75, 3.05) is 5.32 Å². The summed E-state index contributed by atoms with van der Waals surface area (Å²) in [4.78, 5) is 31.2. The third kappa shape index (κ3) is 4.08. The van der Waals surface area contributed by atoms with Gasteiger partial charge in [-0.25, -0.2) is 0 Å². The first-order valence-corrected chi connectivity index (χ1v) is 7.49. The van der Waals surface area contributed by atoms with Crippen LogP contribution >= 0.6 is 11.8 Å². The second-order valence-electron chi connectivity index (χ2n) is 4.95. The lowest BCUT2D eigenvalue weighted by atomic mass is 10.1. The molecule has 0 fully saturated rings. The Morgan fingerprint density at radius 3 is 2.77 bits per heavy atom. The first-order chi connectivity index (χ1) is 10.3. The standard InChI is InChI=1S/C14H17N5O2S/c1-7-3-4-9(8(2)5-7)17-11(20)6-10-12(21)18-14(22-10)19-13(15)16/h3-5,10H,6H2,1-2H3,(H,17,20)(H4,15,16,18,19,21). The molecule has 1 aliphatic heterocycles. The Kier molecular flexibility index (Phi) is 4.81. The van der Waals surface area contributed by atoms with E-state index in [0.717, 1.165) is 28.6 Å². The van der Waals surface area contributed by atoms with Crippen molar-refractivity contribution in [3.8, 4) is 0 Å². The Morgan fingerprint density at radius 1 is 1.41 bits per heavy atom. The van der Waals surface area contributed by atoms with Crippen LogP contribution in [0.4, 0.5) is 5.69 Å². The van der Waals surface area contributed by atoms with Gasteiger partial charge in [-0.15, -0.1) is 0 Å². The van der Waals surface area contributed by atoms with Crippen LogP contribution in [-0.4, -0.2) is 28.2 Å². The molecule has 116 valence electrons. The fraction of sp³-hybridized carbons (Fsp3) is 0.286. The number of amidine groups is 1. The van der Waals surface area contributed by atoms with Crippen molar-refractivity contribution in [3.63, 3.8) is 0 Å². The minimum atomic E-state index is -0.594. The predicted molar refractivity (Wildman–Crippen MR) is 88.8 cm³/mol. The molecule has 1 heterocycles. The van der Waals surface area contributed by atoms with E-state index in [0.29, 0.717) is 0 Å². The monoisotopic (exact) mass is 319 g/mol. The van der Waals surface area contributed by atoms with Crippen LogP contribution in [-0.2, 0) is 9.59 Å². The maximum Gasteiger partial charge on any atom is 0.262 e. The van der Waals surface area contributed by atoms with E-state index in [1.807, 2.05) is 32.0 Å². The van der Waals surface area contributed by atoms with Crippen molar-refractivity contribution in [3.05, 3.63) is 29.3 Å². The van der Waals surface area contributed by atoms with Gasteiger partial charge in [-0.05, 0) is 25.5 Å². The summed E-state index contributed by atoms with van der Waals surface area (Å²) in [7, 11) is 0. The van der Waals surface area contributed by atoms with Gasteiger partial charge in [0.05, 0.1) is 0 Å². The summed E-state index contributed by atoms with van der Waals surface area (Å²) in [6, 6.07) is 5.73. The molecule has 0 saturated heterocycles. The Morgan fingerprint density at radius 2 is 2.14 bits per heavy atom. The van der Waals surface area contributed by atoms with Crippen molar-refractivity contribution in [1.82, 2.24) is 0 Å². The number of hydrogen-bond acceptors (Lipinski definition) is 4. The van der Waals surface area contributed by atoms with E-state index in [1.165, 1.54) is 0 Å². The smallest absolute Gasteiger partial charge is 0.262 e. The fourth-order valence-corrected chi connectivity index (χ4v) is 2.93. The highest BCUT2D eigenvalue weighted by Crippen LogP contribution is 2.26. The van der Waals surface area contributed by atoms with Crippen LogP contribution < -0.4 is 16.8 Å². The molecule has 1 aromatic carbocycles. The molecule has 2 amide bonds. The highest BCUT2D eigenvalue weighted by molar-refractivity contribution is 8.15. The van der Waals surface area contributed by atoms with Gasteiger partial charge in [-0.1, -0.05) is 29.5 Å². The van der Waals surface area contributed by atoms with E-state index in [9.17, 15) is 9.59 Å². The summed E-state index contributed by atoms with van der Waals surface area (Å²) in [5, 5.41) is 2.40. The third-order valence-corrected chi connectivity index (χ3v) is 4.03. The normalized spacial score (nSPS) is 17.1. The summed E-state index contributed by atoms with van der Waals surface area (Å²) in [5.74, 6) is -0.820. The Bertz CT molecular complexity index is 680. The zero-order valence-electron chi connectivity index (χ0n) is 12.3. The third-order valence-electron chi connectivity index (χ3n) is 2.98. The maximum atomic E-state index is 12.1. The number of amides is 2. The molecule has 1 aliphatic rings. The molecule has 1 atom stereocenters. The number of nitrogens with two attached hydrogens (primary N) is 2. The number of nitrogens with one attached hydrogen (secondary N) is 1. The minimum Gasteiger partial charge on any atom is -0.370 e. The molecule has 0 aliphatic carbocycles. The minimum absolute atomic E-state index is 0.0177. The van der Waals surface area contributed by atoms with E-state index in [1.54, 1.807) is 0 Å². The molecule has 7 nitrogen and oxygen atoms in total. The van der Waals surface area contributed by atoms with Gasteiger partial charge in [0.15, 0.2) is 11.1 Å². The molecule has 1 unspecified atom stereocenters. The molecular formula is C14H17N5O2S. The second kappa shape index (κ2) is 6.61. The van der Waals surface area contributed by atoms with E-state index < -0.39 is 11.2 Å². The van der Waals surface area contributed by atoms with E-state index in [-0.39, 0.29) is 23.5 Å². The number of benzene rings is 1. The zero-order chi connectivity index (χ0) is 16.3. The lowest BCUT2D eigenvalue weighted by molar-refractivity contribution is -0.121. The summed E-state index contributed by atoms with van der Waals surface area (Å²) in [5.41, 5.74) is 13.3. The molecular weight excluding hydrogens is 302 g/mol. The van der Waals surface area contributed by atoms with Gasteiger partial charge >= 0.3 is 0 Å². The lowest BCUT2D eigenvalue weighted by Crippen LogP contribution is -2.23.